The summed E-state index contributed by atoms with van der Waals surface area (Å²) in [5, 5.41) is 11.2. The van der Waals surface area contributed by atoms with Gasteiger partial charge in [0.15, 0.2) is 0 Å². The SMILES string of the molecule is C=O.COC(=O)c1cnc(N2CCC(N)CC2)c([N+](=O)[O-])c1. The third kappa shape index (κ3) is 3.98. The zero-order valence-electron chi connectivity index (χ0n) is 12.2. The zero-order chi connectivity index (χ0) is 16.7. The van der Waals surface area contributed by atoms with Crippen LogP contribution in [-0.2, 0) is 9.53 Å². The van der Waals surface area contributed by atoms with Gasteiger partial charge in [0.1, 0.15) is 6.79 Å². The van der Waals surface area contributed by atoms with Gasteiger partial charge in [-0.05, 0) is 12.8 Å². The lowest BCUT2D eigenvalue weighted by Gasteiger charge is -2.30. The molecule has 0 bridgehead atoms. The molecule has 1 aliphatic heterocycles. The summed E-state index contributed by atoms with van der Waals surface area (Å²) in [6, 6.07) is 1.32. The van der Waals surface area contributed by atoms with E-state index >= 15 is 0 Å². The van der Waals surface area contributed by atoms with Crippen molar-refractivity contribution in [3.63, 3.8) is 0 Å². The van der Waals surface area contributed by atoms with Crippen LogP contribution in [0.25, 0.3) is 0 Å². The van der Waals surface area contributed by atoms with Crippen molar-refractivity contribution in [1.29, 1.82) is 0 Å². The van der Waals surface area contributed by atoms with Crippen molar-refractivity contribution < 1.29 is 19.2 Å². The number of nitro groups is 1. The average molecular weight is 310 g/mol. The van der Waals surface area contributed by atoms with E-state index in [9.17, 15) is 14.9 Å². The van der Waals surface area contributed by atoms with Crippen molar-refractivity contribution in [3.05, 3.63) is 27.9 Å². The van der Waals surface area contributed by atoms with E-state index in [1.165, 1.54) is 19.4 Å². The van der Waals surface area contributed by atoms with Gasteiger partial charge in [-0.3, -0.25) is 10.1 Å². The molecule has 120 valence electrons. The molecule has 1 fully saturated rings. The monoisotopic (exact) mass is 310 g/mol. The number of aromatic nitrogens is 1. The Morgan fingerprint density at radius 3 is 2.59 bits per heavy atom. The standard InChI is InChI=1S/C12H16N4O4.CH2O/c1-20-12(17)8-6-10(16(18)19)11(14-7-8)15-4-2-9(13)3-5-15;1-2/h6-7,9H,2-5,13H2,1H3;1H2. The van der Waals surface area contributed by atoms with Gasteiger partial charge in [0.25, 0.3) is 0 Å². The van der Waals surface area contributed by atoms with Crippen molar-refractivity contribution in [2.75, 3.05) is 25.1 Å². The van der Waals surface area contributed by atoms with Gasteiger partial charge < -0.3 is 20.2 Å². The first kappa shape index (κ1) is 17.5. The quantitative estimate of drug-likeness (QED) is 0.486. The molecule has 0 atom stereocenters. The fourth-order valence-corrected chi connectivity index (χ4v) is 2.16. The van der Waals surface area contributed by atoms with Crippen LogP contribution < -0.4 is 10.6 Å². The second-order valence-corrected chi connectivity index (χ2v) is 4.64. The minimum atomic E-state index is -0.646. The molecule has 9 nitrogen and oxygen atoms in total. The highest BCUT2D eigenvalue weighted by Gasteiger charge is 2.26. The third-order valence-electron chi connectivity index (χ3n) is 3.30. The highest BCUT2D eigenvalue weighted by atomic mass is 16.6. The first-order valence-electron chi connectivity index (χ1n) is 6.55. The summed E-state index contributed by atoms with van der Waals surface area (Å²) in [5.41, 5.74) is 5.69. The lowest BCUT2D eigenvalue weighted by atomic mass is 10.1. The molecule has 0 amide bonds. The maximum absolute atomic E-state index is 11.4. The molecule has 0 saturated carbocycles. The van der Waals surface area contributed by atoms with Crippen LogP contribution in [0.2, 0.25) is 0 Å². The summed E-state index contributed by atoms with van der Waals surface area (Å²) in [6.07, 6.45) is 2.82. The number of anilines is 1. The second-order valence-electron chi connectivity index (χ2n) is 4.64. The van der Waals surface area contributed by atoms with Crippen LogP contribution in [0.5, 0.6) is 0 Å². The van der Waals surface area contributed by atoms with Crippen molar-refractivity contribution in [2.45, 2.75) is 18.9 Å². The number of hydrogen-bond donors (Lipinski definition) is 1. The normalized spacial score (nSPS) is 14.7. The lowest BCUT2D eigenvalue weighted by Crippen LogP contribution is -2.40. The van der Waals surface area contributed by atoms with Crippen LogP contribution in [-0.4, -0.2) is 48.9 Å². The van der Waals surface area contributed by atoms with E-state index in [2.05, 4.69) is 9.72 Å². The first-order valence-corrected chi connectivity index (χ1v) is 6.55. The highest BCUT2D eigenvalue weighted by molar-refractivity contribution is 5.90. The first-order chi connectivity index (χ1) is 10.5. The Labute approximate surface area is 127 Å². The number of hydrogen-bond acceptors (Lipinski definition) is 8. The number of nitrogens with zero attached hydrogens (tertiary/aromatic N) is 3. The second kappa shape index (κ2) is 8.03. The molecule has 1 aliphatic rings. The molecule has 0 aliphatic carbocycles. The Morgan fingerprint density at radius 2 is 2.09 bits per heavy atom. The molecule has 0 radical (unpaired) electrons. The Hall–Kier alpha value is -2.55. The fraction of sp³-hybridized carbons (Fsp3) is 0.462. The van der Waals surface area contributed by atoms with Gasteiger partial charge in [-0.15, -0.1) is 0 Å². The lowest BCUT2D eigenvalue weighted by molar-refractivity contribution is -0.384. The van der Waals surface area contributed by atoms with Crippen molar-refractivity contribution >= 4 is 24.3 Å². The highest BCUT2D eigenvalue weighted by Crippen LogP contribution is 2.28. The number of esters is 1. The van der Waals surface area contributed by atoms with E-state index in [4.69, 9.17) is 10.5 Å². The fourth-order valence-electron chi connectivity index (χ4n) is 2.16. The predicted octanol–water partition coefficient (Wildman–Crippen LogP) is 0.519. The van der Waals surface area contributed by atoms with Gasteiger partial charge in [-0.1, -0.05) is 0 Å². The van der Waals surface area contributed by atoms with E-state index in [-0.39, 0.29) is 23.1 Å². The average Bonchev–Trinajstić information content (AvgIpc) is 2.56. The van der Waals surface area contributed by atoms with Gasteiger partial charge in [0.05, 0.1) is 17.6 Å². The van der Waals surface area contributed by atoms with Gasteiger partial charge in [-0.25, -0.2) is 9.78 Å². The number of piperidine rings is 1. The van der Waals surface area contributed by atoms with Crippen LogP contribution >= 0.6 is 0 Å². The molecule has 2 heterocycles. The molecular formula is C13H18N4O5. The zero-order valence-corrected chi connectivity index (χ0v) is 12.2. The van der Waals surface area contributed by atoms with Gasteiger partial charge in [0, 0.05) is 31.4 Å². The smallest absolute Gasteiger partial charge is 0.339 e. The molecular weight excluding hydrogens is 292 g/mol. The maximum atomic E-state index is 11.4. The number of carbonyl (C=O) groups is 2. The molecule has 22 heavy (non-hydrogen) atoms. The molecule has 0 spiro atoms. The molecule has 0 unspecified atom stereocenters. The van der Waals surface area contributed by atoms with Gasteiger partial charge in [0.2, 0.25) is 5.82 Å². The third-order valence-corrected chi connectivity index (χ3v) is 3.30. The molecule has 2 rings (SSSR count). The summed E-state index contributed by atoms with van der Waals surface area (Å²) in [6.45, 7) is 3.24. The van der Waals surface area contributed by atoms with Crippen molar-refractivity contribution in [1.82, 2.24) is 4.98 Å². The number of pyridine rings is 1. The minimum Gasteiger partial charge on any atom is -0.465 e. The van der Waals surface area contributed by atoms with Crippen LogP contribution in [0.3, 0.4) is 0 Å². The van der Waals surface area contributed by atoms with Crippen LogP contribution in [0.4, 0.5) is 11.5 Å². The summed E-state index contributed by atoms with van der Waals surface area (Å²) in [5.74, 6) is -0.373. The van der Waals surface area contributed by atoms with E-state index in [0.29, 0.717) is 13.1 Å². The minimum absolute atomic E-state index is 0.0664. The molecule has 1 aromatic rings. The molecule has 9 heteroatoms. The topological polar surface area (TPSA) is 129 Å². The van der Waals surface area contributed by atoms with Gasteiger partial charge >= 0.3 is 11.7 Å². The summed E-state index contributed by atoms with van der Waals surface area (Å²) >= 11 is 0. The number of nitrogens with two attached hydrogens (primary N) is 1. The Bertz CT molecular complexity index is 543. The summed E-state index contributed by atoms with van der Waals surface area (Å²) in [4.78, 5) is 35.9. The van der Waals surface area contributed by atoms with E-state index in [1.807, 2.05) is 11.7 Å². The van der Waals surface area contributed by atoms with Crippen molar-refractivity contribution in [2.24, 2.45) is 5.73 Å². The van der Waals surface area contributed by atoms with Gasteiger partial charge in [-0.2, -0.15) is 0 Å². The van der Waals surface area contributed by atoms with Crippen molar-refractivity contribution in [3.8, 4) is 0 Å². The molecule has 1 aromatic heterocycles. The van der Waals surface area contributed by atoms with E-state index in [1.54, 1.807) is 0 Å². The van der Waals surface area contributed by atoms with E-state index in [0.717, 1.165) is 12.8 Å². The van der Waals surface area contributed by atoms with E-state index < -0.39 is 10.9 Å². The largest absolute Gasteiger partial charge is 0.465 e. The maximum Gasteiger partial charge on any atom is 0.339 e. The Morgan fingerprint density at radius 1 is 1.50 bits per heavy atom. The number of rotatable bonds is 3. The van der Waals surface area contributed by atoms with Crippen LogP contribution in [0.15, 0.2) is 12.3 Å². The molecule has 2 N–H and O–H groups in total. The summed E-state index contributed by atoms with van der Waals surface area (Å²) < 4.78 is 4.54. The Balaban J connectivity index is 0.00000116. The Kier molecular flexibility index (Phi) is 6.39. The number of ether oxygens (including phenoxy) is 1. The summed E-state index contributed by atoms with van der Waals surface area (Å²) in [7, 11) is 1.22. The molecule has 0 aromatic carbocycles. The van der Waals surface area contributed by atoms with Crippen LogP contribution in [0, 0.1) is 10.1 Å². The van der Waals surface area contributed by atoms with Crippen LogP contribution in [0.1, 0.15) is 23.2 Å². The molecule has 1 saturated heterocycles. The number of carbonyl (C=O) groups excluding carboxylic acids is 2. The predicted molar refractivity (Wildman–Crippen MR) is 78.8 cm³/mol. The number of methoxy groups -OCH3 is 1.